The highest BCUT2D eigenvalue weighted by Gasteiger charge is 2.33. The van der Waals surface area contributed by atoms with Gasteiger partial charge >= 0.3 is 0 Å². The van der Waals surface area contributed by atoms with E-state index in [1.807, 2.05) is 13.1 Å². The fraction of sp³-hybridized carbons (Fsp3) is 0.500. The van der Waals surface area contributed by atoms with Gasteiger partial charge in [-0.3, -0.25) is 0 Å². The summed E-state index contributed by atoms with van der Waals surface area (Å²) in [6, 6.07) is 5.21. The van der Waals surface area contributed by atoms with Crippen LogP contribution in [0.5, 0.6) is 0 Å². The molecule has 7 heteroatoms. The second kappa shape index (κ2) is 6.22. The van der Waals surface area contributed by atoms with Crippen molar-refractivity contribution in [3.63, 3.8) is 0 Å². The predicted octanol–water partition coefficient (Wildman–Crippen LogP) is 2.44. The molecule has 1 aliphatic heterocycles. The Kier molecular flexibility index (Phi) is 5.05. The van der Waals surface area contributed by atoms with Gasteiger partial charge in [-0.15, -0.1) is 0 Å². The Morgan fingerprint density at radius 3 is 2.84 bits per heavy atom. The average Bonchev–Trinajstić information content (AvgIpc) is 2.82. The quantitative estimate of drug-likeness (QED) is 0.827. The van der Waals surface area contributed by atoms with E-state index >= 15 is 0 Å². The smallest absolute Gasteiger partial charge is 0.244 e. The molecular formula is C12H16Br2N2O2S. The second-order valence-electron chi connectivity index (χ2n) is 4.65. The zero-order valence-corrected chi connectivity index (χ0v) is 14.6. The van der Waals surface area contributed by atoms with Crippen molar-refractivity contribution in [1.29, 1.82) is 0 Å². The lowest BCUT2D eigenvalue weighted by molar-refractivity contribution is 0.451. The normalized spacial score (nSPS) is 20.9. The lowest BCUT2D eigenvalue weighted by Gasteiger charge is -2.17. The number of rotatable bonds is 4. The van der Waals surface area contributed by atoms with Crippen molar-refractivity contribution in [2.45, 2.75) is 11.3 Å². The van der Waals surface area contributed by atoms with Crippen LogP contribution < -0.4 is 5.32 Å². The molecule has 1 unspecified atom stereocenters. The first-order chi connectivity index (χ1) is 8.95. The highest BCUT2D eigenvalue weighted by atomic mass is 79.9. The summed E-state index contributed by atoms with van der Waals surface area (Å²) in [6.07, 6.45) is 0.908. The topological polar surface area (TPSA) is 49.4 Å². The third-order valence-electron chi connectivity index (χ3n) is 3.25. The zero-order chi connectivity index (χ0) is 14.0. The molecule has 2 rings (SSSR count). The first-order valence-corrected chi connectivity index (χ1v) is 9.07. The summed E-state index contributed by atoms with van der Waals surface area (Å²) in [6.45, 7) is 2.03. The Labute approximate surface area is 130 Å². The minimum atomic E-state index is -3.41. The minimum Gasteiger partial charge on any atom is -0.319 e. The summed E-state index contributed by atoms with van der Waals surface area (Å²) >= 11 is 6.64. The molecule has 1 fully saturated rings. The minimum absolute atomic E-state index is 0.326. The van der Waals surface area contributed by atoms with Crippen LogP contribution in [-0.2, 0) is 10.0 Å². The fourth-order valence-electron chi connectivity index (χ4n) is 2.28. The molecule has 0 spiro atoms. The molecule has 0 aliphatic carbocycles. The van der Waals surface area contributed by atoms with Gasteiger partial charge in [-0.1, -0.05) is 15.9 Å². The van der Waals surface area contributed by atoms with Gasteiger partial charge in [0.25, 0.3) is 0 Å². The van der Waals surface area contributed by atoms with Gasteiger partial charge in [0.1, 0.15) is 0 Å². The van der Waals surface area contributed by atoms with Gasteiger partial charge in [-0.2, -0.15) is 4.31 Å². The maximum atomic E-state index is 12.6. The van der Waals surface area contributed by atoms with Gasteiger partial charge < -0.3 is 5.32 Å². The number of nitrogens with one attached hydrogen (secondary N) is 1. The summed E-state index contributed by atoms with van der Waals surface area (Å²) < 4.78 is 28.2. The average molecular weight is 412 g/mol. The molecule has 19 heavy (non-hydrogen) atoms. The molecule has 1 aromatic rings. The van der Waals surface area contributed by atoms with Crippen LogP contribution in [0.15, 0.2) is 32.0 Å². The van der Waals surface area contributed by atoms with Crippen LogP contribution >= 0.6 is 31.9 Å². The Balaban J connectivity index is 2.26. The summed E-state index contributed by atoms with van der Waals surface area (Å²) in [5.74, 6) is 0.394. The van der Waals surface area contributed by atoms with Crippen molar-refractivity contribution in [3.8, 4) is 0 Å². The molecular weight excluding hydrogens is 396 g/mol. The summed E-state index contributed by atoms with van der Waals surface area (Å²) in [5, 5.41) is 3.10. The van der Waals surface area contributed by atoms with Crippen LogP contribution in [0.2, 0.25) is 0 Å². The van der Waals surface area contributed by atoms with Crippen LogP contribution in [0.25, 0.3) is 0 Å². The molecule has 106 valence electrons. The lowest BCUT2D eigenvalue weighted by atomic mass is 10.1. The molecule has 1 aliphatic rings. The van der Waals surface area contributed by atoms with E-state index in [0.29, 0.717) is 28.4 Å². The second-order valence-corrected chi connectivity index (χ2v) is 8.33. The molecule has 0 aromatic heterocycles. The van der Waals surface area contributed by atoms with Crippen LogP contribution in [0, 0.1) is 5.92 Å². The van der Waals surface area contributed by atoms with Crippen molar-refractivity contribution in [2.24, 2.45) is 5.92 Å². The number of nitrogens with zero attached hydrogens (tertiary/aromatic N) is 1. The van der Waals surface area contributed by atoms with Gasteiger partial charge in [0.15, 0.2) is 0 Å². The van der Waals surface area contributed by atoms with E-state index in [-0.39, 0.29) is 0 Å². The SMILES string of the molecule is CNCC1CCN(S(=O)(=O)c2cc(Br)ccc2Br)C1. The summed E-state index contributed by atoms with van der Waals surface area (Å²) in [4.78, 5) is 0.326. The molecule has 0 bridgehead atoms. The van der Waals surface area contributed by atoms with E-state index in [4.69, 9.17) is 0 Å². The molecule has 1 N–H and O–H groups in total. The molecule has 0 saturated carbocycles. The Morgan fingerprint density at radius 2 is 2.16 bits per heavy atom. The van der Waals surface area contributed by atoms with E-state index < -0.39 is 10.0 Å². The Hall–Kier alpha value is 0.0500. The standard InChI is InChI=1S/C12H16Br2N2O2S/c1-15-7-9-4-5-16(8-9)19(17,18)12-6-10(13)2-3-11(12)14/h2-3,6,9,15H,4-5,7-8H2,1H3. The van der Waals surface area contributed by atoms with Crippen molar-refractivity contribution < 1.29 is 8.42 Å². The number of halogens is 2. The van der Waals surface area contributed by atoms with Crippen LogP contribution in [0.1, 0.15) is 6.42 Å². The Bertz CT molecular complexity index is 563. The van der Waals surface area contributed by atoms with Gasteiger partial charge in [0, 0.05) is 22.0 Å². The van der Waals surface area contributed by atoms with Gasteiger partial charge in [-0.05, 0) is 60.1 Å². The maximum absolute atomic E-state index is 12.6. The van der Waals surface area contributed by atoms with Crippen molar-refractivity contribution in [2.75, 3.05) is 26.7 Å². The number of benzene rings is 1. The van der Waals surface area contributed by atoms with Crippen LogP contribution in [-0.4, -0.2) is 39.4 Å². The Morgan fingerprint density at radius 1 is 1.42 bits per heavy atom. The molecule has 1 saturated heterocycles. The van der Waals surface area contributed by atoms with Gasteiger partial charge in [-0.25, -0.2) is 8.42 Å². The molecule has 1 atom stereocenters. The monoisotopic (exact) mass is 410 g/mol. The number of hydrogen-bond acceptors (Lipinski definition) is 3. The summed E-state index contributed by atoms with van der Waals surface area (Å²) in [7, 11) is -1.52. The van der Waals surface area contributed by atoms with E-state index in [1.54, 1.807) is 16.4 Å². The van der Waals surface area contributed by atoms with Gasteiger partial charge in [0.2, 0.25) is 10.0 Å². The van der Waals surface area contributed by atoms with Crippen molar-refractivity contribution >= 4 is 41.9 Å². The largest absolute Gasteiger partial charge is 0.319 e. The van der Waals surface area contributed by atoms with E-state index in [1.165, 1.54) is 0 Å². The highest BCUT2D eigenvalue weighted by molar-refractivity contribution is 9.11. The third kappa shape index (κ3) is 3.39. The van der Waals surface area contributed by atoms with E-state index in [0.717, 1.165) is 17.4 Å². The molecule has 4 nitrogen and oxygen atoms in total. The van der Waals surface area contributed by atoms with E-state index in [2.05, 4.69) is 37.2 Å². The molecule has 1 aromatic carbocycles. The van der Waals surface area contributed by atoms with Gasteiger partial charge in [0.05, 0.1) is 4.90 Å². The first kappa shape index (κ1) is 15.4. The predicted molar refractivity (Wildman–Crippen MR) is 82.6 cm³/mol. The molecule has 0 radical (unpaired) electrons. The maximum Gasteiger partial charge on any atom is 0.244 e. The first-order valence-electron chi connectivity index (χ1n) is 6.05. The molecule has 0 amide bonds. The van der Waals surface area contributed by atoms with E-state index in [9.17, 15) is 8.42 Å². The van der Waals surface area contributed by atoms with Crippen LogP contribution in [0.4, 0.5) is 0 Å². The van der Waals surface area contributed by atoms with Crippen molar-refractivity contribution in [1.82, 2.24) is 9.62 Å². The number of sulfonamides is 1. The van der Waals surface area contributed by atoms with Crippen molar-refractivity contribution in [3.05, 3.63) is 27.1 Å². The molecule has 1 heterocycles. The number of hydrogen-bond donors (Lipinski definition) is 1. The van der Waals surface area contributed by atoms with Crippen LogP contribution in [0.3, 0.4) is 0 Å². The lowest BCUT2D eigenvalue weighted by Crippen LogP contribution is -2.30. The third-order valence-corrected chi connectivity index (χ3v) is 6.60. The fourth-order valence-corrected chi connectivity index (χ4v) is 5.28. The summed E-state index contributed by atoms with van der Waals surface area (Å²) in [5.41, 5.74) is 0. The zero-order valence-electron chi connectivity index (χ0n) is 10.6. The highest BCUT2D eigenvalue weighted by Crippen LogP contribution is 2.30.